The van der Waals surface area contributed by atoms with Gasteiger partial charge in [-0.3, -0.25) is 9.59 Å². The van der Waals surface area contributed by atoms with Gasteiger partial charge in [0.2, 0.25) is 11.8 Å². The second kappa shape index (κ2) is 14.4. The van der Waals surface area contributed by atoms with Crippen molar-refractivity contribution in [1.29, 1.82) is 0 Å². The average Bonchev–Trinajstić information content (AvgIpc) is 2.89. The Morgan fingerprint density at radius 1 is 0.944 bits per heavy atom. The Kier molecular flexibility index (Phi) is 11.0. The normalized spacial score (nSPS) is 11.5. The Morgan fingerprint density at radius 3 is 2.31 bits per heavy atom. The lowest BCUT2D eigenvalue weighted by molar-refractivity contribution is -0.141. The fourth-order valence-corrected chi connectivity index (χ4v) is 4.16. The quantitative estimate of drug-likeness (QED) is 0.262. The number of benzene rings is 3. The minimum absolute atomic E-state index is 0.0574. The Bertz CT molecular complexity index is 1090. The average molecular weight is 552 g/mol. The number of nitrogens with one attached hydrogen (secondary N) is 1. The number of nitrogens with zero attached hydrogens (tertiary/aromatic N) is 1. The summed E-state index contributed by atoms with van der Waals surface area (Å²) in [4.78, 5) is 28.6. The third-order valence-corrected chi connectivity index (χ3v) is 6.44. The van der Waals surface area contributed by atoms with Crippen LogP contribution in [0, 0.1) is 6.92 Å². The maximum atomic E-state index is 13.6. The van der Waals surface area contributed by atoms with Crippen molar-refractivity contribution in [3.63, 3.8) is 0 Å². The predicted octanol–water partition coefficient (Wildman–Crippen LogP) is 6.08. The molecule has 190 valence electrons. The highest BCUT2D eigenvalue weighted by molar-refractivity contribution is 9.10. The third-order valence-electron chi connectivity index (χ3n) is 5.91. The maximum Gasteiger partial charge on any atom is 0.243 e. The molecule has 0 saturated carbocycles. The summed E-state index contributed by atoms with van der Waals surface area (Å²) in [7, 11) is 0. The molecule has 0 saturated heterocycles. The number of hydrogen-bond donors (Lipinski definition) is 1. The van der Waals surface area contributed by atoms with Gasteiger partial charge in [-0.25, -0.2) is 0 Å². The van der Waals surface area contributed by atoms with E-state index in [0.29, 0.717) is 39.0 Å². The molecule has 0 bridgehead atoms. The number of hydrogen-bond acceptors (Lipinski definition) is 3. The number of carbonyl (C=O) groups is 2. The van der Waals surface area contributed by atoms with Gasteiger partial charge >= 0.3 is 0 Å². The second-order valence-corrected chi connectivity index (χ2v) is 9.83. The van der Waals surface area contributed by atoms with Crippen molar-refractivity contribution < 1.29 is 14.3 Å². The SMILES string of the molecule is CCCNC(=O)[C@H](Cc1ccccc1)N(Cc1ccc(Br)cc1)C(=O)CCCOc1ccc(C)cc1. The van der Waals surface area contributed by atoms with E-state index in [9.17, 15) is 9.59 Å². The van der Waals surface area contributed by atoms with E-state index in [4.69, 9.17) is 4.74 Å². The summed E-state index contributed by atoms with van der Waals surface area (Å²) in [6, 6.07) is 25.0. The van der Waals surface area contributed by atoms with Crippen molar-refractivity contribution >= 4 is 27.7 Å². The lowest BCUT2D eigenvalue weighted by Gasteiger charge is -2.31. The minimum atomic E-state index is -0.604. The van der Waals surface area contributed by atoms with E-state index in [1.54, 1.807) is 4.90 Å². The van der Waals surface area contributed by atoms with E-state index in [-0.39, 0.29) is 11.8 Å². The van der Waals surface area contributed by atoms with Crippen molar-refractivity contribution in [3.8, 4) is 5.75 Å². The summed E-state index contributed by atoms with van der Waals surface area (Å²) in [5.41, 5.74) is 3.17. The number of carbonyl (C=O) groups excluding carboxylic acids is 2. The summed E-state index contributed by atoms with van der Waals surface area (Å²) >= 11 is 3.47. The summed E-state index contributed by atoms with van der Waals surface area (Å²) in [6.45, 7) is 5.43. The van der Waals surface area contributed by atoms with Gasteiger partial charge in [0.25, 0.3) is 0 Å². The van der Waals surface area contributed by atoms with E-state index in [2.05, 4.69) is 21.2 Å². The van der Waals surface area contributed by atoms with Crippen LogP contribution in [0.2, 0.25) is 0 Å². The molecule has 0 unspecified atom stereocenters. The predicted molar refractivity (Wildman–Crippen MR) is 148 cm³/mol. The van der Waals surface area contributed by atoms with Crippen LogP contribution >= 0.6 is 15.9 Å². The van der Waals surface area contributed by atoms with Gasteiger partial charge in [-0.15, -0.1) is 0 Å². The molecule has 5 nitrogen and oxygen atoms in total. The molecule has 6 heteroatoms. The molecule has 3 rings (SSSR count). The number of amides is 2. The minimum Gasteiger partial charge on any atom is -0.494 e. The Balaban J connectivity index is 1.76. The molecule has 1 atom stereocenters. The van der Waals surface area contributed by atoms with Crippen LogP contribution in [-0.4, -0.2) is 35.9 Å². The Labute approximate surface area is 223 Å². The molecule has 0 aliphatic carbocycles. The van der Waals surface area contributed by atoms with E-state index >= 15 is 0 Å². The zero-order chi connectivity index (χ0) is 25.8. The molecule has 0 aliphatic rings. The highest BCUT2D eigenvalue weighted by atomic mass is 79.9. The smallest absolute Gasteiger partial charge is 0.243 e. The molecule has 36 heavy (non-hydrogen) atoms. The molecule has 0 fully saturated rings. The molecule has 3 aromatic rings. The zero-order valence-corrected chi connectivity index (χ0v) is 22.7. The first-order valence-electron chi connectivity index (χ1n) is 12.5. The lowest BCUT2D eigenvalue weighted by atomic mass is 10.0. The zero-order valence-electron chi connectivity index (χ0n) is 21.1. The van der Waals surface area contributed by atoms with Crippen molar-refractivity contribution in [3.05, 3.63) is 100 Å². The van der Waals surface area contributed by atoms with Crippen molar-refractivity contribution in [1.82, 2.24) is 10.2 Å². The van der Waals surface area contributed by atoms with Gasteiger partial charge in [-0.2, -0.15) is 0 Å². The molecular formula is C30H35BrN2O3. The molecule has 0 aliphatic heterocycles. The highest BCUT2D eigenvalue weighted by Crippen LogP contribution is 2.19. The summed E-state index contributed by atoms with van der Waals surface area (Å²) < 4.78 is 6.80. The molecule has 0 spiro atoms. The van der Waals surface area contributed by atoms with Crippen molar-refractivity contribution in [2.45, 2.75) is 52.1 Å². The number of ether oxygens (including phenoxy) is 1. The van der Waals surface area contributed by atoms with Crippen LogP contribution in [0.15, 0.2) is 83.3 Å². The van der Waals surface area contributed by atoms with Crippen molar-refractivity contribution in [2.24, 2.45) is 0 Å². The van der Waals surface area contributed by atoms with Crippen LogP contribution in [-0.2, 0) is 22.6 Å². The van der Waals surface area contributed by atoms with Crippen LogP contribution in [0.3, 0.4) is 0 Å². The van der Waals surface area contributed by atoms with E-state index in [1.165, 1.54) is 5.56 Å². The maximum absolute atomic E-state index is 13.6. The fourth-order valence-electron chi connectivity index (χ4n) is 3.90. The second-order valence-electron chi connectivity index (χ2n) is 8.91. The van der Waals surface area contributed by atoms with Gasteiger partial charge in [0, 0.05) is 30.4 Å². The van der Waals surface area contributed by atoms with Gasteiger partial charge in [-0.05, 0) is 55.2 Å². The van der Waals surface area contributed by atoms with Gasteiger partial charge in [0.1, 0.15) is 11.8 Å². The lowest BCUT2D eigenvalue weighted by Crippen LogP contribution is -2.50. The first-order valence-corrected chi connectivity index (χ1v) is 13.3. The van der Waals surface area contributed by atoms with Crippen molar-refractivity contribution in [2.75, 3.05) is 13.2 Å². The number of aryl methyl sites for hydroxylation is 1. The van der Waals surface area contributed by atoms with Crippen LogP contribution in [0.1, 0.15) is 42.9 Å². The van der Waals surface area contributed by atoms with Gasteiger partial charge < -0.3 is 15.0 Å². The number of halogens is 1. The summed E-state index contributed by atoms with van der Waals surface area (Å²) in [6.07, 6.45) is 2.16. The van der Waals surface area contributed by atoms with Crippen LogP contribution < -0.4 is 10.1 Å². The molecule has 0 heterocycles. The highest BCUT2D eigenvalue weighted by Gasteiger charge is 2.30. The third kappa shape index (κ3) is 8.83. The first-order chi connectivity index (χ1) is 17.5. The fraction of sp³-hybridized carbons (Fsp3) is 0.333. The van der Waals surface area contributed by atoms with E-state index in [0.717, 1.165) is 27.8 Å². The summed E-state index contributed by atoms with van der Waals surface area (Å²) in [5.74, 6) is 0.612. The largest absolute Gasteiger partial charge is 0.494 e. The van der Waals surface area contributed by atoms with E-state index in [1.807, 2.05) is 92.7 Å². The summed E-state index contributed by atoms with van der Waals surface area (Å²) in [5, 5.41) is 3.01. The van der Waals surface area contributed by atoms with Gasteiger partial charge in [-0.1, -0.05) is 83.0 Å². The monoisotopic (exact) mass is 550 g/mol. The standard InChI is InChI=1S/C30H35BrN2O3/c1-3-19-32-30(35)28(21-24-8-5-4-6-9-24)33(22-25-13-15-26(31)16-14-25)29(34)10-7-20-36-27-17-11-23(2)12-18-27/h4-6,8-9,11-18,28H,3,7,10,19-22H2,1-2H3,(H,32,35)/t28-/m0/s1. The van der Waals surface area contributed by atoms with Crippen LogP contribution in [0.5, 0.6) is 5.75 Å². The first kappa shape index (κ1) is 27.5. The van der Waals surface area contributed by atoms with Crippen LogP contribution in [0.4, 0.5) is 0 Å². The molecular weight excluding hydrogens is 516 g/mol. The number of rotatable bonds is 13. The molecule has 3 aromatic carbocycles. The molecule has 0 aromatic heterocycles. The molecule has 0 radical (unpaired) electrons. The Hall–Kier alpha value is -3.12. The van der Waals surface area contributed by atoms with Gasteiger partial charge in [0.05, 0.1) is 6.61 Å². The Morgan fingerprint density at radius 2 is 1.64 bits per heavy atom. The topological polar surface area (TPSA) is 58.6 Å². The molecule has 1 N–H and O–H groups in total. The van der Waals surface area contributed by atoms with Gasteiger partial charge in [0.15, 0.2) is 0 Å². The van der Waals surface area contributed by atoms with E-state index < -0.39 is 6.04 Å². The van der Waals surface area contributed by atoms with Crippen LogP contribution in [0.25, 0.3) is 0 Å². The molecule has 2 amide bonds.